The van der Waals surface area contributed by atoms with Crippen molar-refractivity contribution in [3.05, 3.63) is 11.8 Å². The summed E-state index contributed by atoms with van der Waals surface area (Å²) in [5, 5.41) is 2.60. The minimum Gasteiger partial charge on any atom is -0.463 e. The molecule has 0 heterocycles. The molecular weight excluding hydrogens is 230 g/mol. The lowest BCUT2D eigenvalue weighted by Crippen LogP contribution is -2.37. The van der Waals surface area contributed by atoms with Crippen LogP contribution in [0.5, 0.6) is 0 Å². The molecule has 0 rings (SSSR count). The van der Waals surface area contributed by atoms with Crippen LogP contribution in [0.25, 0.3) is 0 Å². The molecule has 0 aliphatic carbocycles. The van der Waals surface area contributed by atoms with E-state index < -0.39 is 11.4 Å². The number of alkyl halides is 1. The van der Waals surface area contributed by atoms with Crippen molar-refractivity contribution < 1.29 is 14.3 Å². The van der Waals surface area contributed by atoms with Crippen molar-refractivity contribution in [1.29, 1.82) is 0 Å². The number of carbonyl (C=O) groups excluding carboxylic acids is 2. The molecule has 0 saturated heterocycles. The van der Waals surface area contributed by atoms with Crippen molar-refractivity contribution >= 4 is 23.5 Å². The minimum absolute atomic E-state index is 0.214. The van der Waals surface area contributed by atoms with Crippen LogP contribution in [0.2, 0.25) is 0 Å². The molecule has 0 aromatic rings. The van der Waals surface area contributed by atoms with Crippen LogP contribution in [0.3, 0.4) is 0 Å². The van der Waals surface area contributed by atoms with Gasteiger partial charge < -0.3 is 10.1 Å². The Bertz CT molecular complexity index is 298. The summed E-state index contributed by atoms with van der Waals surface area (Å²) in [4.78, 5) is 22.7. The van der Waals surface area contributed by atoms with E-state index >= 15 is 0 Å². The van der Waals surface area contributed by atoms with Gasteiger partial charge in [0, 0.05) is 17.7 Å². The van der Waals surface area contributed by atoms with Gasteiger partial charge in [0.1, 0.15) is 0 Å². The summed E-state index contributed by atoms with van der Waals surface area (Å²) >= 11 is 5.66. The zero-order chi connectivity index (χ0) is 12.8. The van der Waals surface area contributed by atoms with Gasteiger partial charge in [-0.25, -0.2) is 4.79 Å². The number of halogens is 1. The summed E-state index contributed by atoms with van der Waals surface area (Å²) in [6.07, 6.45) is 1.24. The van der Waals surface area contributed by atoms with Crippen LogP contribution in [0, 0.1) is 5.41 Å². The molecule has 0 aliphatic heterocycles. The number of rotatable bonds is 5. The van der Waals surface area contributed by atoms with E-state index in [1.807, 2.05) is 0 Å². The van der Waals surface area contributed by atoms with Gasteiger partial charge >= 0.3 is 5.97 Å². The van der Waals surface area contributed by atoms with Gasteiger partial charge in [-0.05, 0) is 27.7 Å². The van der Waals surface area contributed by atoms with Gasteiger partial charge in [0.05, 0.1) is 12.0 Å². The summed E-state index contributed by atoms with van der Waals surface area (Å²) in [7, 11) is 0. The highest BCUT2D eigenvalue weighted by atomic mass is 35.5. The van der Waals surface area contributed by atoms with Gasteiger partial charge in [0.2, 0.25) is 5.91 Å². The third-order valence-corrected chi connectivity index (χ3v) is 2.55. The Morgan fingerprint density at radius 2 is 2.00 bits per heavy atom. The van der Waals surface area contributed by atoms with Crippen LogP contribution in [0.15, 0.2) is 11.8 Å². The van der Waals surface area contributed by atoms with Crippen LogP contribution < -0.4 is 5.32 Å². The molecule has 0 bridgehead atoms. The summed E-state index contributed by atoms with van der Waals surface area (Å²) < 4.78 is 4.71. The average Bonchev–Trinajstić information content (AvgIpc) is 2.17. The average molecular weight is 248 g/mol. The standard InChI is InChI=1S/C11H18ClNO3/c1-5-16-9(14)6-8(2)13-10(15)11(3,4)7-12/h6H,5,7H2,1-4H3,(H,13,15)/b8-6+. The largest absolute Gasteiger partial charge is 0.463 e. The number of hydrogen-bond donors (Lipinski definition) is 1. The van der Waals surface area contributed by atoms with Gasteiger partial charge in [-0.1, -0.05) is 0 Å². The Hall–Kier alpha value is -1.03. The van der Waals surface area contributed by atoms with E-state index in [0.29, 0.717) is 12.3 Å². The van der Waals surface area contributed by atoms with E-state index in [1.54, 1.807) is 27.7 Å². The van der Waals surface area contributed by atoms with Crippen LogP contribution in [0.1, 0.15) is 27.7 Å². The number of ether oxygens (including phenoxy) is 1. The second-order valence-electron chi connectivity index (χ2n) is 4.05. The summed E-state index contributed by atoms with van der Waals surface area (Å²) in [5.74, 6) is -0.476. The summed E-state index contributed by atoms with van der Waals surface area (Å²) in [6, 6.07) is 0. The first-order valence-electron chi connectivity index (χ1n) is 5.06. The Morgan fingerprint density at radius 3 is 2.44 bits per heavy atom. The molecule has 0 fully saturated rings. The predicted octanol–water partition coefficient (Wildman–Crippen LogP) is 1.83. The van der Waals surface area contributed by atoms with E-state index in [-0.39, 0.29) is 11.8 Å². The highest BCUT2D eigenvalue weighted by molar-refractivity contribution is 6.19. The highest BCUT2D eigenvalue weighted by Gasteiger charge is 2.26. The molecule has 0 unspecified atom stereocenters. The van der Waals surface area contributed by atoms with Gasteiger partial charge in [-0.15, -0.1) is 11.6 Å². The van der Waals surface area contributed by atoms with Crippen molar-refractivity contribution in [1.82, 2.24) is 5.32 Å². The molecule has 0 radical (unpaired) electrons. The molecule has 5 heteroatoms. The van der Waals surface area contributed by atoms with E-state index in [1.165, 1.54) is 6.08 Å². The van der Waals surface area contributed by atoms with Crippen molar-refractivity contribution in [2.75, 3.05) is 12.5 Å². The number of nitrogens with one attached hydrogen (secondary N) is 1. The smallest absolute Gasteiger partial charge is 0.332 e. The van der Waals surface area contributed by atoms with E-state index in [0.717, 1.165) is 0 Å². The van der Waals surface area contributed by atoms with Crippen molar-refractivity contribution in [2.45, 2.75) is 27.7 Å². The molecule has 0 atom stereocenters. The number of esters is 1. The van der Waals surface area contributed by atoms with Gasteiger partial charge in [0.25, 0.3) is 0 Å². The maximum absolute atomic E-state index is 11.7. The molecule has 1 amide bonds. The van der Waals surface area contributed by atoms with Gasteiger partial charge in [0.15, 0.2) is 0 Å². The lowest BCUT2D eigenvalue weighted by atomic mass is 9.95. The molecule has 92 valence electrons. The summed E-state index contributed by atoms with van der Waals surface area (Å²) in [6.45, 7) is 7.11. The predicted molar refractivity (Wildman–Crippen MR) is 63.0 cm³/mol. The fraction of sp³-hybridized carbons (Fsp3) is 0.636. The number of carbonyl (C=O) groups is 2. The second-order valence-corrected chi connectivity index (χ2v) is 4.32. The molecule has 0 spiro atoms. The van der Waals surface area contributed by atoms with Crippen LogP contribution >= 0.6 is 11.6 Å². The topological polar surface area (TPSA) is 55.4 Å². The quantitative estimate of drug-likeness (QED) is 0.458. The number of allylic oxidation sites excluding steroid dienone is 1. The molecule has 0 aromatic heterocycles. The Kier molecular flexibility index (Phi) is 6.11. The maximum Gasteiger partial charge on any atom is 0.332 e. The Balaban J connectivity index is 4.40. The fourth-order valence-corrected chi connectivity index (χ4v) is 0.927. The van der Waals surface area contributed by atoms with Gasteiger partial charge in [-0.2, -0.15) is 0 Å². The molecule has 0 aliphatic rings. The number of hydrogen-bond acceptors (Lipinski definition) is 3. The summed E-state index contributed by atoms with van der Waals surface area (Å²) in [5.41, 5.74) is -0.215. The third-order valence-electron chi connectivity index (χ3n) is 1.88. The molecular formula is C11H18ClNO3. The number of amides is 1. The zero-order valence-corrected chi connectivity index (χ0v) is 10.9. The van der Waals surface area contributed by atoms with Crippen molar-refractivity contribution in [2.24, 2.45) is 5.41 Å². The van der Waals surface area contributed by atoms with Crippen LogP contribution in [-0.4, -0.2) is 24.4 Å². The monoisotopic (exact) mass is 247 g/mol. The van der Waals surface area contributed by atoms with Crippen LogP contribution in [0.4, 0.5) is 0 Å². The molecule has 4 nitrogen and oxygen atoms in total. The lowest BCUT2D eigenvalue weighted by Gasteiger charge is -2.20. The molecule has 0 aromatic carbocycles. The third kappa shape index (κ3) is 5.16. The maximum atomic E-state index is 11.7. The van der Waals surface area contributed by atoms with E-state index in [4.69, 9.17) is 16.3 Å². The zero-order valence-electron chi connectivity index (χ0n) is 10.1. The lowest BCUT2D eigenvalue weighted by molar-refractivity contribution is -0.137. The molecule has 16 heavy (non-hydrogen) atoms. The Labute approximate surface area is 101 Å². The minimum atomic E-state index is -0.661. The highest BCUT2D eigenvalue weighted by Crippen LogP contribution is 2.17. The fourth-order valence-electron chi connectivity index (χ4n) is 0.806. The molecule has 0 saturated carbocycles. The van der Waals surface area contributed by atoms with Crippen molar-refractivity contribution in [3.63, 3.8) is 0 Å². The first-order chi connectivity index (χ1) is 7.33. The van der Waals surface area contributed by atoms with E-state index in [9.17, 15) is 9.59 Å². The van der Waals surface area contributed by atoms with E-state index in [2.05, 4.69) is 5.32 Å². The van der Waals surface area contributed by atoms with Crippen LogP contribution in [-0.2, 0) is 14.3 Å². The SMILES string of the molecule is CCOC(=O)/C=C(\C)NC(=O)C(C)(C)CCl. The normalized spacial score (nSPS) is 12.2. The first kappa shape index (κ1) is 15.0. The molecule has 1 N–H and O–H groups in total. The first-order valence-corrected chi connectivity index (χ1v) is 5.59. The Morgan fingerprint density at radius 1 is 1.44 bits per heavy atom. The van der Waals surface area contributed by atoms with Crippen molar-refractivity contribution in [3.8, 4) is 0 Å². The van der Waals surface area contributed by atoms with Gasteiger partial charge in [-0.3, -0.25) is 4.79 Å². The second kappa shape index (κ2) is 6.53.